The van der Waals surface area contributed by atoms with E-state index in [0.29, 0.717) is 12.8 Å². The van der Waals surface area contributed by atoms with Crippen LogP contribution in [-0.4, -0.2) is 33.9 Å². The molecule has 1 aliphatic rings. The number of hydrogen-bond donors (Lipinski definition) is 1. The highest BCUT2D eigenvalue weighted by atomic mass is 127. The Morgan fingerprint density at radius 1 is 1.71 bits per heavy atom. The Morgan fingerprint density at radius 2 is 2.29 bits per heavy atom. The molecule has 1 atom stereocenters. The molecule has 1 amide bonds. The van der Waals surface area contributed by atoms with Gasteiger partial charge in [0.25, 0.3) is 0 Å². The minimum absolute atomic E-state index is 0.200. The molecule has 0 aromatic carbocycles. The number of ether oxygens (including phenoxy) is 1. The fourth-order valence-corrected chi connectivity index (χ4v) is 3.99. The lowest BCUT2D eigenvalue weighted by Gasteiger charge is -2.15. The van der Waals surface area contributed by atoms with Gasteiger partial charge in [-0.05, 0) is 12.8 Å². The smallest absolute Gasteiger partial charge is 0.441 e. The van der Waals surface area contributed by atoms with Crippen molar-refractivity contribution in [2.45, 2.75) is 17.6 Å². The zero-order chi connectivity index (χ0) is 10.8. The van der Waals surface area contributed by atoms with Crippen LogP contribution in [0, 0.1) is 0 Å². The van der Waals surface area contributed by atoms with E-state index in [-0.39, 0.29) is 6.61 Å². The number of carboxylic acid groups (broad SMARTS) is 1. The molecule has 82 valence electrons. The molecule has 1 saturated carbocycles. The molecule has 1 N–H and O–H groups in total. The summed E-state index contributed by atoms with van der Waals surface area (Å²) in [4.78, 5) is 10.4. The third-order valence-electron chi connectivity index (χ3n) is 2.05. The van der Waals surface area contributed by atoms with Crippen LogP contribution in [0.5, 0.6) is 0 Å². The maximum Gasteiger partial charge on any atom is 0.441 e. The summed E-state index contributed by atoms with van der Waals surface area (Å²) in [5, 5.41) is 8.47. The Hall–Kier alpha value is 0.0700. The Labute approximate surface area is 96.0 Å². The molecule has 0 heterocycles. The van der Waals surface area contributed by atoms with Crippen molar-refractivity contribution in [2.24, 2.45) is 4.36 Å². The Kier molecular flexibility index (Phi) is 3.72. The van der Waals surface area contributed by atoms with Gasteiger partial charge in [-0.3, -0.25) is 0 Å². The fraction of sp³-hybridized carbons (Fsp3) is 0.833. The number of carbonyl (C=O) groups is 1. The average Bonchev–Trinajstić information content (AvgIpc) is 2.85. The topological polar surface area (TPSA) is 85.2 Å². The van der Waals surface area contributed by atoms with Crippen molar-refractivity contribution in [1.29, 1.82) is 0 Å². The molecule has 0 spiro atoms. The van der Waals surface area contributed by atoms with Crippen molar-refractivity contribution < 1.29 is 21.4 Å². The second-order valence-corrected chi connectivity index (χ2v) is 6.23. The lowest BCUT2D eigenvalue weighted by Crippen LogP contribution is -2.28. The van der Waals surface area contributed by atoms with Crippen LogP contribution in [0.25, 0.3) is 0 Å². The maximum atomic E-state index is 12.0. The molecule has 0 aromatic heterocycles. The maximum absolute atomic E-state index is 12.0. The van der Waals surface area contributed by atoms with E-state index in [9.17, 15) is 9.00 Å². The predicted octanol–water partition coefficient (Wildman–Crippen LogP) is 1.59. The minimum Gasteiger partial charge on any atom is -0.463 e. The normalized spacial score (nSPS) is 22.4. The molecule has 0 bridgehead atoms. The zero-order valence-corrected chi connectivity index (χ0v) is 10.4. The standard InChI is InChI=1S/C6H10INO5S/c1-12-4-6(2-3-6)14(11,13-7)8-5(9)10/h2-4H2,1H3,(H,9,10). The predicted molar refractivity (Wildman–Crippen MR) is 57.5 cm³/mol. The molecule has 8 heteroatoms. The third kappa shape index (κ3) is 2.18. The average molecular weight is 335 g/mol. The molecule has 1 fully saturated rings. The van der Waals surface area contributed by atoms with E-state index >= 15 is 0 Å². The first kappa shape index (κ1) is 12.1. The summed E-state index contributed by atoms with van der Waals surface area (Å²) in [5.41, 5.74) is 0. The lowest BCUT2D eigenvalue weighted by molar-refractivity contribution is 0.191. The summed E-state index contributed by atoms with van der Waals surface area (Å²) in [7, 11) is -1.70. The second-order valence-electron chi connectivity index (χ2n) is 3.03. The highest BCUT2D eigenvalue weighted by Crippen LogP contribution is 2.46. The van der Waals surface area contributed by atoms with Gasteiger partial charge in [0, 0.05) is 7.11 Å². The first-order valence-electron chi connectivity index (χ1n) is 3.78. The second kappa shape index (κ2) is 4.29. The SMILES string of the molecule is COCC1(S(=O)(=NC(=O)O)OI)CC1. The Morgan fingerprint density at radius 3 is 2.57 bits per heavy atom. The number of nitrogens with zero attached hydrogens (tertiary/aromatic N) is 1. The van der Waals surface area contributed by atoms with Gasteiger partial charge in [0.15, 0.2) is 10.0 Å². The Balaban J connectivity index is 3.02. The quantitative estimate of drug-likeness (QED) is 0.789. The van der Waals surface area contributed by atoms with E-state index in [2.05, 4.69) is 4.36 Å². The van der Waals surface area contributed by atoms with Crippen LogP contribution in [-0.2, 0) is 17.3 Å². The molecule has 0 radical (unpaired) electrons. The zero-order valence-electron chi connectivity index (χ0n) is 7.43. The van der Waals surface area contributed by atoms with Gasteiger partial charge in [-0.15, -0.1) is 0 Å². The first-order chi connectivity index (χ1) is 6.49. The van der Waals surface area contributed by atoms with E-state index < -0.39 is 20.9 Å². The van der Waals surface area contributed by atoms with Crippen LogP contribution in [0.2, 0.25) is 0 Å². The first-order valence-corrected chi connectivity index (χ1v) is 6.10. The van der Waals surface area contributed by atoms with E-state index in [1.165, 1.54) is 30.1 Å². The molecule has 1 unspecified atom stereocenters. The van der Waals surface area contributed by atoms with Crippen LogP contribution < -0.4 is 0 Å². The van der Waals surface area contributed by atoms with Gasteiger partial charge < -0.3 is 9.84 Å². The molecular weight excluding hydrogens is 325 g/mol. The van der Waals surface area contributed by atoms with Crippen molar-refractivity contribution in [3.8, 4) is 0 Å². The molecule has 1 rings (SSSR count). The van der Waals surface area contributed by atoms with Gasteiger partial charge in [0.05, 0.1) is 6.61 Å². The van der Waals surface area contributed by atoms with Crippen LogP contribution in [0.3, 0.4) is 0 Å². The highest BCUT2D eigenvalue weighted by molar-refractivity contribution is 14.1. The van der Waals surface area contributed by atoms with E-state index in [0.717, 1.165) is 0 Å². The summed E-state index contributed by atoms with van der Waals surface area (Å²) >= 11 is 1.42. The number of rotatable bonds is 4. The summed E-state index contributed by atoms with van der Waals surface area (Å²) in [6, 6.07) is 0. The van der Waals surface area contributed by atoms with Crippen molar-refractivity contribution in [3.05, 3.63) is 0 Å². The Bertz CT molecular complexity index is 344. The van der Waals surface area contributed by atoms with Crippen molar-refractivity contribution in [2.75, 3.05) is 13.7 Å². The largest absolute Gasteiger partial charge is 0.463 e. The minimum atomic E-state index is -3.17. The van der Waals surface area contributed by atoms with Crippen LogP contribution in [0.4, 0.5) is 4.79 Å². The highest BCUT2D eigenvalue weighted by Gasteiger charge is 2.54. The summed E-state index contributed by atoms with van der Waals surface area (Å²) in [6.45, 7) is 0.200. The summed E-state index contributed by atoms with van der Waals surface area (Å²) in [6.07, 6.45) is -0.257. The summed E-state index contributed by atoms with van der Waals surface area (Å²) in [5.74, 6) is 0. The molecule has 0 saturated heterocycles. The van der Waals surface area contributed by atoms with Gasteiger partial charge >= 0.3 is 6.09 Å². The number of methoxy groups -OCH3 is 1. The van der Waals surface area contributed by atoms with Crippen LogP contribution >= 0.6 is 23.0 Å². The molecular formula is C6H10INO5S. The number of halogens is 1. The van der Waals surface area contributed by atoms with Gasteiger partial charge in [-0.25, -0.2) is 11.5 Å². The third-order valence-corrected chi connectivity index (χ3v) is 5.70. The van der Waals surface area contributed by atoms with Crippen molar-refractivity contribution in [1.82, 2.24) is 0 Å². The monoisotopic (exact) mass is 335 g/mol. The van der Waals surface area contributed by atoms with Crippen molar-refractivity contribution >= 4 is 39.1 Å². The fourth-order valence-electron chi connectivity index (χ4n) is 1.16. The molecule has 14 heavy (non-hydrogen) atoms. The van der Waals surface area contributed by atoms with Crippen molar-refractivity contribution in [3.63, 3.8) is 0 Å². The van der Waals surface area contributed by atoms with E-state index in [1.807, 2.05) is 0 Å². The lowest BCUT2D eigenvalue weighted by atomic mass is 10.4. The molecule has 0 aromatic rings. The number of hydrogen-bond acceptors (Lipinski definition) is 4. The summed E-state index contributed by atoms with van der Waals surface area (Å²) < 4.78 is 23.9. The van der Waals surface area contributed by atoms with E-state index in [4.69, 9.17) is 12.4 Å². The van der Waals surface area contributed by atoms with Gasteiger partial charge in [0.2, 0.25) is 0 Å². The molecule has 0 aliphatic heterocycles. The van der Waals surface area contributed by atoms with Gasteiger partial charge in [-0.2, -0.15) is 0 Å². The van der Waals surface area contributed by atoms with Crippen LogP contribution in [0.15, 0.2) is 4.36 Å². The van der Waals surface area contributed by atoms with Gasteiger partial charge in [0.1, 0.15) is 27.8 Å². The molecule has 1 aliphatic carbocycles. The molecule has 6 nitrogen and oxygen atoms in total. The van der Waals surface area contributed by atoms with Gasteiger partial charge in [-0.1, -0.05) is 4.36 Å². The van der Waals surface area contributed by atoms with Crippen LogP contribution in [0.1, 0.15) is 12.8 Å². The number of amides is 1. The van der Waals surface area contributed by atoms with E-state index in [1.54, 1.807) is 0 Å².